The largest absolute Gasteiger partial charge is 0.508 e. The standard InChI is InChI=1S/C36H45N5O6.ClH/c1-20-13-25(42)14-21(2)27(20)18-29(37)36(47)41-12-8-11-32(41)35(46)40-31(19-28-22(3)15-26(43)16-23(28)4)34(45)39-30(33(38)44)17-24-9-6-5-7-10-24;/h5-7,9-10,13-16,29-32,42-43H,8,11-12,17-19,37H2,1-4H3,(H2,38,44)(H,39,45)(H,40,46);1H/t29-,30-,31-,32-;/m0./s1. The zero-order chi connectivity index (χ0) is 34.4. The van der Waals surface area contributed by atoms with Gasteiger partial charge in [0.25, 0.3) is 0 Å². The lowest BCUT2D eigenvalue weighted by molar-refractivity contribution is -0.140. The molecule has 4 atom stereocenters. The number of nitrogens with one attached hydrogen (secondary N) is 2. The summed E-state index contributed by atoms with van der Waals surface area (Å²) in [6.45, 7) is 7.63. The minimum atomic E-state index is -1.12. The van der Waals surface area contributed by atoms with Crippen molar-refractivity contribution in [3.05, 3.63) is 93.5 Å². The Labute approximate surface area is 287 Å². The summed E-state index contributed by atoms with van der Waals surface area (Å²) in [5, 5.41) is 25.6. The number of rotatable bonds is 12. The number of nitrogens with zero attached hydrogens (tertiary/aromatic N) is 1. The Kier molecular flexibility index (Phi) is 13.0. The van der Waals surface area contributed by atoms with E-state index in [-0.39, 0.29) is 49.1 Å². The molecule has 3 aromatic carbocycles. The van der Waals surface area contributed by atoms with Crippen LogP contribution in [0.5, 0.6) is 11.5 Å². The smallest absolute Gasteiger partial charge is 0.243 e. The lowest BCUT2D eigenvalue weighted by atomic mass is 9.94. The van der Waals surface area contributed by atoms with E-state index < -0.39 is 41.9 Å². The Balaban J connectivity index is 0.00000625. The number of benzene rings is 3. The minimum Gasteiger partial charge on any atom is -0.508 e. The number of amides is 4. The van der Waals surface area contributed by atoms with Crippen molar-refractivity contribution < 1.29 is 29.4 Å². The molecule has 48 heavy (non-hydrogen) atoms. The summed E-state index contributed by atoms with van der Waals surface area (Å²) >= 11 is 0. The zero-order valence-electron chi connectivity index (χ0n) is 27.8. The molecule has 12 heteroatoms. The van der Waals surface area contributed by atoms with Crippen LogP contribution in [0.3, 0.4) is 0 Å². The van der Waals surface area contributed by atoms with E-state index in [0.717, 1.165) is 38.9 Å². The molecule has 1 aliphatic rings. The Morgan fingerprint density at radius 2 is 1.33 bits per heavy atom. The fourth-order valence-corrected chi connectivity index (χ4v) is 6.43. The lowest BCUT2D eigenvalue weighted by Gasteiger charge is -2.29. The van der Waals surface area contributed by atoms with Crippen molar-refractivity contribution in [2.75, 3.05) is 6.54 Å². The van der Waals surface area contributed by atoms with Gasteiger partial charge in [0.05, 0.1) is 6.04 Å². The van der Waals surface area contributed by atoms with Crippen LogP contribution in [0.2, 0.25) is 0 Å². The molecular weight excluding hydrogens is 634 g/mol. The Morgan fingerprint density at radius 1 is 0.812 bits per heavy atom. The molecule has 4 rings (SSSR count). The van der Waals surface area contributed by atoms with Gasteiger partial charge in [-0.2, -0.15) is 0 Å². The summed E-state index contributed by atoms with van der Waals surface area (Å²) in [5.41, 5.74) is 17.6. The van der Waals surface area contributed by atoms with E-state index in [1.165, 1.54) is 4.90 Å². The van der Waals surface area contributed by atoms with E-state index in [1.807, 2.05) is 44.2 Å². The van der Waals surface area contributed by atoms with Gasteiger partial charge in [-0.1, -0.05) is 30.3 Å². The van der Waals surface area contributed by atoms with Gasteiger partial charge in [0.2, 0.25) is 23.6 Å². The van der Waals surface area contributed by atoms with E-state index >= 15 is 0 Å². The molecule has 3 aromatic rings. The van der Waals surface area contributed by atoms with Crippen molar-refractivity contribution in [1.29, 1.82) is 0 Å². The second-order valence-corrected chi connectivity index (χ2v) is 12.5. The van der Waals surface area contributed by atoms with Crippen LogP contribution in [-0.2, 0) is 38.4 Å². The summed E-state index contributed by atoms with van der Waals surface area (Å²) in [4.78, 5) is 55.1. The van der Waals surface area contributed by atoms with Gasteiger partial charge < -0.3 is 37.2 Å². The number of aryl methyl sites for hydroxylation is 4. The number of hydrogen-bond donors (Lipinski definition) is 6. The van der Waals surface area contributed by atoms with Crippen LogP contribution in [-0.4, -0.2) is 69.5 Å². The molecule has 1 fully saturated rings. The highest BCUT2D eigenvalue weighted by molar-refractivity contribution is 5.95. The molecule has 4 amide bonds. The van der Waals surface area contributed by atoms with Gasteiger partial charge in [0, 0.05) is 19.4 Å². The molecule has 0 spiro atoms. The van der Waals surface area contributed by atoms with Crippen molar-refractivity contribution in [1.82, 2.24) is 15.5 Å². The normalized spacial score (nSPS) is 15.9. The molecule has 0 bridgehead atoms. The quantitative estimate of drug-likeness (QED) is 0.170. The van der Waals surface area contributed by atoms with E-state index in [9.17, 15) is 29.4 Å². The van der Waals surface area contributed by atoms with Crippen LogP contribution >= 0.6 is 12.4 Å². The number of phenols is 2. The number of nitrogens with two attached hydrogens (primary N) is 2. The molecule has 0 aliphatic carbocycles. The van der Waals surface area contributed by atoms with Crippen LogP contribution in [0, 0.1) is 27.7 Å². The first-order valence-corrected chi connectivity index (χ1v) is 15.8. The third kappa shape index (κ3) is 9.26. The number of hydrogen-bond acceptors (Lipinski definition) is 7. The third-order valence-electron chi connectivity index (χ3n) is 8.93. The molecule has 11 nitrogen and oxygen atoms in total. The van der Waals surface area contributed by atoms with Gasteiger partial charge in [-0.05, 0) is 110 Å². The number of carbonyl (C=O) groups is 4. The van der Waals surface area contributed by atoms with Crippen molar-refractivity contribution in [2.24, 2.45) is 11.5 Å². The summed E-state index contributed by atoms with van der Waals surface area (Å²) in [5.74, 6) is -1.98. The van der Waals surface area contributed by atoms with Gasteiger partial charge in [0.1, 0.15) is 29.6 Å². The third-order valence-corrected chi connectivity index (χ3v) is 8.93. The Morgan fingerprint density at radius 3 is 1.85 bits per heavy atom. The molecule has 0 radical (unpaired) electrons. The van der Waals surface area contributed by atoms with E-state index in [2.05, 4.69) is 10.6 Å². The maximum atomic E-state index is 13.8. The highest BCUT2D eigenvalue weighted by atomic mass is 35.5. The number of carbonyl (C=O) groups excluding carboxylic acids is 4. The molecule has 0 aromatic heterocycles. The first-order valence-electron chi connectivity index (χ1n) is 15.8. The van der Waals surface area contributed by atoms with Gasteiger partial charge in [0.15, 0.2) is 0 Å². The first-order chi connectivity index (χ1) is 22.2. The number of likely N-dealkylation sites (tertiary alicyclic amines) is 1. The van der Waals surface area contributed by atoms with Crippen molar-refractivity contribution in [3.63, 3.8) is 0 Å². The van der Waals surface area contributed by atoms with Crippen LogP contribution in [0.4, 0.5) is 0 Å². The van der Waals surface area contributed by atoms with Crippen molar-refractivity contribution in [2.45, 2.75) is 84.0 Å². The predicted molar refractivity (Wildman–Crippen MR) is 186 cm³/mol. The molecular formula is C36H46ClN5O6. The molecule has 1 aliphatic heterocycles. The SMILES string of the molecule is Cc1cc(O)cc(C)c1C[C@H](NC(=O)[C@@H]1CCCN1C(=O)[C@@H](N)Cc1c(C)cc(O)cc1C)C(=O)N[C@@H](Cc1ccccc1)C(N)=O.Cl. The summed E-state index contributed by atoms with van der Waals surface area (Å²) in [6, 6.07) is 11.6. The topological polar surface area (TPSA) is 188 Å². The van der Waals surface area contributed by atoms with E-state index in [1.54, 1.807) is 38.1 Å². The van der Waals surface area contributed by atoms with E-state index in [4.69, 9.17) is 11.5 Å². The molecule has 0 saturated carbocycles. The first kappa shape index (κ1) is 37.8. The fraction of sp³-hybridized carbons (Fsp3) is 0.389. The van der Waals surface area contributed by atoms with Gasteiger partial charge in [-0.25, -0.2) is 0 Å². The molecule has 8 N–H and O–H groups in total. The van der Waals surface area contributed by atoms with E-state index in [0.29, 0.717) is 19.4 Å². The lowest BCUT2D eigenvalue weighted by Crippen LogP contribution is -2.58. The maximum Gasteiger partial charge on any atom is 0.243 e. The Hall–Kier alpha value is -4.61. The van der Waals surface area contributed by atoms with Crippen LogP contribution in [0.1, 0.15) is 51.8 Å². The molecule has 0 unspecified atom stereocenters. The minimum absolute atomic E-state index is 0. The number of aromatic hydroxyl groups is 2. The van der Waals surface area contributed by atoms with Gasteiger partial charge in [-0.15, -0.1) is 12.4 Å². The van der Waals surface area contributed by atoms with Crippen molar-refractivity contribution in [3.8, 4) is 11.5 Å². The average Bonchev–Trinajstić information content (AvgIpc) is 3.50. The zero-order valence-corrected chi connectivity index (χ0v) is 28.6. The van der Waals surface area contributed by atoms with Crippen LogP contribution in [0.15, 0.2) is 54.6 Å². The highest BCUT2D eigenvalue weighted by Crippen LogP contribution is 2.25. The monoisotopic (exact) mass is 679 g/mol. The second kappa shape index (κ2) is 16.5. The second-order valence-electron chi connectivity index (χ2n) is 12.5. The highest BCUT2D eigenvalue weighted by Gasteiger charge is 2.38. The van der Waals surface area contributed by atoms with Crippen LogP contribution < -0.4 is 22.1 Å². The maximum absolute atomic E-state index is 13.8. The Bertz CT molecular complexity index is 1600. The van der Waals surface area contributed by atoms with Gasteiger partial charge >= 0.3 is 0 Å². The van der Waals surface area contributed by atoms with Crippen molar-refractivity contribution >= 4 is 36.0 Å². The summed E-state index contributed by atoms with van der Waals surface area (Å²) in [6.07, 6.45) is 1.46. The summed E-state index contributed by atoms with van der Waals surface area (Å²) < 4.78 is 0. The van der Waals surface area contributed by atoms with Gasteiger partial charge in [-0.3, -0.25) is 19.2 Å². The molecule has 258 valence electrons. The molecule has 1 heterocycles. The number of primary amides is 1. The molecule has 1 saturated heterocycles. The average molecular weight is 680 g/mol. The summed E-state index contributed by atoms with van der Waals surface area (Å²) in [7, 11) is 0. The number of halogens is 1. The fourth-order valence-electron chi connectivity index (χ4n) is 6.43. The van der Waals surface area contributed by atoms with Crippen LogP contribution in [0.25, 0.3) is 0 Å². The number of phenolic OH excluding ortho intramolecular Hbond substituents is 2. The predicted octanol–water partition coefficient (Wildman–Crippen LogP) is 2.55.